The highest BCUT2D eigenvalue weighted by atomic mass is 16.1. The summed E-state index contributed by atoms with van der Waals surface area (Å²) < 4.78 is 0. The first-order chi connectivity index (χ1) is 13.6. The highest BCUT2D eigenvalue weighted by molar-refractivity contribution is 5.77. The Hall–Kier alpha value is -2.20. The zero-order chi connectivity index (χ0) is 19.6. The average Bonchev–Trinajstić information content (AvgIpc) is 2.97. The Morgan fingerprint density at radius 1 is 1.21 bits per heavy atom. The molecule has 4 rings (SSSR count). The Morgan fingerprint density at radius 2 is 2.00 bits per heavy atom. The zero-order valence-corrected chi connectivity index (χ0v) is 17.0. The molecule has 1 atom stereocenters. The van der Waals surface area contributed by atoms with E-state index in [2.05, 4.69) is 45.5 Å². The number of carbonyl (C=O) groups is 1. The van der Waals surface area contributed by atoms with E-state index in [-0.39, 0.29) is 17.4 Å². The van der Waals surface area contributed by atoms with E-state index in [1.807, 2.05) is 32.3 Å². The van der Waals surface area contributed by atoms with Crippen molar-refractivity contribution in [1.82, 2.24) is 15.2 Å². The summed E-state index contributed by atoms with van der Waals surface area (Å²) in [5.74, 6) is 0.528. The third-order valence-corrected chi connectivity index (χ3v) is 6.43. The molecular weight excluding hydrogens is 346 g/mol. The Balaban J connectivity index is 1.46. The summed E-state index contributed by atoms with van der Waals surface area (Å²) in [6.07, 6.45) is 7.87. The van der Waals surface area contributed by atoms with E-state index in [1.165, 1.54) is 29.5 Å². The molecule has 1 spiro atoms. The predicted molar refractivity (Wildman–Crippen MR) is 112 cm³/mol. The van der Waals surface area contributed by atoms with Crippen molar-refractivity contribution < 1.29 is 4.79 Å². The van der Waals surface area contributed by atoms with Gasteiger partial charge in [-0.3, -0.25) is 14.7 Å². The standard InChI is InChI=1S/C24H31N3O/c1-18(2)26-23(28)14-20-15-24(22-8-4-3-7-21(20)22)9-12-27(13-10-24)17-19-6-5-11-25-16-19/h3-8,11,16,18,20H,9-10,12-15,17H2,1-2H3,(H,26,28)/t20-/m0/s1. The molecule has 2 heterocycles. The number of amides is 1. The van der Waals surface area contributed by atoms with Crippen LogP contribution in [0, 0.1) is 0 Å². The van der Waals surface area contributed by atoms with Crippen LogP contribution in [0.15, 0.2) is 48.8 Å². The highest BCUT2D eigenvalue weighted by Gasteiger charge is 2.45. The van der Waals surface area contributed by atoms with Crippen LogP contribution in [0.1, 0.15) is 62.1 Å². The van der Waals surface area contributed by atoms with Gasteiger partial charge in [-0.25, -0.2) is 0 Å². The molecule has 0 bridgehead atoms. The van der Waals surface area contributed by atoms with E-state index < -0.39 is 0 Å². The van der Waals surface area contributed by atoms with Crippen molar-refractivity contribution in [1.29, 1.82) is 0 Å². The Kier molecular flexibility index (Phi) is 5.49. The van der Waals surface area contributed by atoms with E-state index in [0.29, 0.717) is 12.3 Å². The van der Waals surface area contributed by atoms with Gasteiger partial charge in [0.15, 0.2) is 0 Å². The largest absolute Gasteiger partial charge is 0.354 e. The van der Waals surface area contributed by atoms with Crippen molar-refractivity contribution in [2.45, 2.75) is 63.5 Å². The number of fused-ring (bicyclic) bond motifs is 2. The molecule has 1 amide bonds. The topological polar surface area (TPSA) is 45.2 Å². The highest BCUT2D eigenvalue weighted by Crippen LogP contribution is 2.52. The number of benzene rings is 1. The summed E-state index contributed by atoms with van der Waals surface area (Å²) in [7, 11) is 0. The fourth-order valence-corrected chi connectivity index (χ4v) is 5.18. The van der Waals surface area contributed by atoms with Crippen molar-refractivity contribution >= 4 is 5.91 Å². The molecule has 1 aromatic carbocycles. The zero-order valence-electron chi connectivity index (χ0n) is 17.0. The molecule has 2 aliphatic rings. The fraction of sp³-hybridized carbons (Fsp3) is 0.500. The third kappa shape index (κ3) is 3.97. The molecule has 1 saturated heterocycles. The summed E-state index contributed by atoms with van der Waals surface area (Å²) in [6.45, 7) is 7.24. The molecule has 148 valence electrons. The van der Waals surface area contributed by atoms with E-state index in [1.54, 1.807) is 0 Å². The molecule has 4 heteroatoms. The second-order valence-electron chi connectivity index (χ2n) is 8.83. The second-order valence-corrected chi connectivity index (χ2v) is 8.83. The first-order valence-corrected chi connectivity index (χ1v) is 10.6. The molecule has 4 nitrogen and oxygen atoms in total. The molecule has 1 aliphatic heterocycles. The number of rotatable bonds is 5. The van der Waals surface area contributed by atoms with E-state index in [0.717, 1.165) is 26.1 Å². The van der Waals surface area contributed by atoms with Crippen molar-refractivity contribution in [3.05, 3.63) is 65.5 Å². The quantitative estimate of drug-likeness (QED) is 0.856. The van der Waals surface area contributed by atoms with Gasteiger partial charge in [-0.2, -0.15) is 0 Å². The van der Waals surface area contributed by atoms with Gasteiger partial charge in [0.05, 0.1) is 0 Å². The van der Waals surface area contributed by atoms with Crippen LogP contribution in [-0.4, -0.2) is 34.9 Å². The lowest BCUT2D eigenvalue weighted by atomic mass is 9.73. The number of pyridine rings is 1. The van der Waals surface area contributed by atoms with Crippen molar-refractivity contribution in [2.75, 3.05) is 13.1 Å². The van der Waals surface area contributed by atoms with Crippen molar-refractivity contribution in [3.8, 4) is 0 Å². The number of carbonyl (C=O) groups excluding carboxylic acids is 1. The number of likely N-dealkylation sites (tertiary alicyclic amines) is 1. The van der Waals surface area contributed by atoms with Crippen LogP contribution in [0.25, 0.3) is 0 Å². The second kappa shape index (κ2) is 8.04. The first kappa shape index (κ1) is 19.1. The van der Waals surface area contributed by atoms with E-state index >= 15 is 0 Å². The molecule has 2 aromatic rings. The number of hydrogen-bond acceptors (Lipinski definition) is 3. The van der Waals surface area contributed by atoms with Gasteiger partial charge in [0, 0.05) is 31.4 Å². The first-order valence-electron chi connectivity index (χ1n) is 10.6. The van der Waals surface area contributed by atoms with Crippen LogP contribution in [-0.2, 0) is 16.8 Å². The Labute approximate surface area is 168 Å². The maximum Gasteiger partial charge on any atom is 0.220 e. The van der Waals surface area contributed by atoms with Gasteiger partial charge in [0.25, 0.3) is 0 Å². The monoisotopic (exact) mass is 377 g/mol. The molecule has 1 aliphatic carbocycles. The smallest absolute Gasteiger partial charge is 0.220 e. The normalized spacial score (nSPS) is 21.0. The number of aromatic nitrogens is 1. The number of nitrogens with one attached hydrogen (secondary N) is 1. The Morgan fingerprint density at radius 3 is 2.71 bits per heavy atom. The average molecular weight is 378 g/mol. The van der Waals surface area contributed by atoms with Gasteiger partial charge in [0.2, 0.25) is 5.91 Å². The van der Waals surface area contributed by atoms with E-state index in [4.69, 9.17) is 0 Å². The van der Waals surface area contributed by atoms with Crippen LogP contribution >= 0.6 is 0 Å². The van der Waals surface area contributed by atoms with Gasteiger partial charge < -0.3 is 5.32 Å². The van der Waals surface area contributed by atoms with Gasteiger partial charge >= 0.3 is 0 Å². The number of piperidine rings is 1. The number of nitrogens with zero attached hydrogens (tertiary/aromatic N) is 2. The maximum absolute atomic E-state index is 12.4. The summed E-state index contributed by atoms with van der Waals surface area (Å²) in [6, 6.07) is 13.2. The van der Waals surface area contributed by atoms with Gasteiger partial charge in [0.1, 0.15) is 0 Å². The lowest BCUT2D eigenvalue weighted by molar-refractivity contribution is -0.122. The summed E-state index contributed by atoms with van der Waals surface area (Å²) >= 11 is 0. The minimum Gasteiger partial charge on any atom is -0.354 e. The summed E-state index contributed by atoms with van der Waals surface area (Å²) in [5.41, 5.74) is 4.43. The lowest BCUT2D eigenvalue weighted by Crippen LogP contribution is -2.41. The molecule has 1 N–H and O–H groups in total. The van der Waals surface area contributed by atoms with Crippen molar-refractivity contribution in [2.24, 2.45) is 0 Å². The van der Waals surface area contributed by atoms with Crippen LogP contribution in [0.3, 0.4) is 0 Å². The van der Waals surface area contributed by atoms with Gasteiger partial charge in [-0.05, 0) is 80.3 Å². The number of hydrogen-bond donors (Lipinski definition) is 1. The van der Waals surface area contributed by atoms with Gasteiger partial charge in [-0.15, -0.1) is 0 Å². The van der Waals surface area contributed by atoms with Gasteiger partial charge in [-0.1, -0.05) is 30.3 Å². The van der Waals surface area contributed by atoms with Crippen LogP contribution in [0.2, 0.25) is 0 Å². The third-order valence-electron chi connectivity index (χ3n) is 6.43. The summed E-state index contributed by atoms with van der Waals surface area (Å²) in [4.78, 5) is 19.2. The molecule has 1 fully saturated rings. The molecule has 28 heavy (non-hydrogen) atoms. The molecule has 0 radical (unpaired) electrons. The van der Waals surface area contributed by atoms with E-state index in [9.17, 15) is 4.79 Å². The molecular formula is C24H31N3O. The Bertz CT molecular complexity index is 810. The lowest BCUT2D eigenvalue weighted by Gasteiger charge is -2.40. The minimum absolute atomic E-state index is 0.181. The molecule has 0 saturated carbocycles. The van der Waals surface area contributed by atoms with Crippen LogP contribution in [0.5, 0.6) is 0 Å². The van der Waals surface area contributed by atoms with Crippen molar-refractivity contribution in [3.63, 3.8) is 0 Å². The molecule has 1 aromatic heterocycles. The molecule has 0 unspecified atom stereocenters. The maximum atomic E-state index is 12.4. The van der Waals surface area contributed by atoms with Crippen LogP contribution < -0.4 is 5.32 Å². The fourth-order valence-electron chi connectivity index (χ4n) is 5.18. The predicted octanol–water partition coefficient (Wildman–Crippen LogP) is 4.02. The minimum atomic E-state index is 0.181. The summed E-state index contributed by atoms with van der Waals surface area (Å²) in [5, 5.41) is 3.07. The van der Waals surface area contributed by atoms with Crippen LogP contribution in [0.4, 0.5) is 0 Å². The SMILES string of the molecule is CC(C)NC(=O)C[C@H]1CC2(CCN(Cc3cccnc3)CC2)c2ccccc21.